The molecule has 4 nitrogen and oxygen atoms in total. The van der Waals surface area contributed by atoms with Gasteiger partial charge >= 0.3 is 5.97 Å². The minimum Gasteiger partial charge on any atom is -0.494 e. The molecule has 5 heteroatoms. The third-order valence-corrected chi connectivity index (χ3v) is 3.60. The van der Waals surface area contributed by atoms with E-state index < -0.39 is 5.97 Å². The first-order valence-electron chi connectivity index (χ1n) is 6.43. The summed E-state index contributed by atoms with van der Waals surface area (Å²) in [5, 5.41) is 12.2. The Morgan fingerprint density at radius 3 is 2.63 bits per heavy atom. The standard InChI is InChI=1S/C14H18FNO3/c1-19-13-8-11(6-7-12(13)15)16-10-4-2-9(3-5-10)14(17)18/h6-10,16H,2-5H2,1H3,(H,17,18). The molecule has 0 unspecified atom stereocenters. The van der Waals surface area contributed by atoms with E-state index in [1.807, 2.05) is 0 Å². The molecule has 0 atom stereocenters. The predicted molar refractivity (Wildman–Crippen MR) is 70.0 cm³/mol. The fraction of sp³-hybridized carbons (Fsp3) is 0.500. The van der Waals surface area contributed by atoms with Crippen LogP contribution in [0.4, 0.5) is 10.1 Å². The van der Waals surface area contributed by atoms with E-state index >= 15 is 0 Å². The first kappa shape index (κ1) is 13.6. The van der Waals surface area contributed by atoms with Crippen LogP contribution in [0.3, 0.4) is 0 Å². The molecule has 0 aromatic heterocycles. The van der Waals surface area contributed by atoms with Gasteiger partial charge in [0, 0.05) is 17.8 Å². The second-order valence-electron chi connectivity index (χ2n) is 4.88. The number of hydrogen-bond donors (Lipinski definition) is 2. The van der Waals surface area contributed by atoms with Gasteiger partial charge in [-0.25, -0.2) is 4.39 Å². The Bertz CT molecular complexity index is 456. The minimum absolute atomic E-state index is 0.212. The van der Waals surface area contributed by atoms with Crippen molar-refractivity contribution in [3.05, 3.63) is 24.0 Å². The first-order chi connectivity index (χ1) is 9.10. The number of methoxy groups -OCH3 is 1. The lowest BCUT2D eigenvalue weighted by Crippen LogP contribution is -2.29. The fourth-order valence-corrected chi connectivity index (χ4v) is 2.47. The Kier molecular flexibility index (Phi) is 4.24. The molecule has 0 spiro atoms. The van der Waals surface area contributed by atoms with E-state index in [0.29, 0.717) is 12.8 Å². The van der Waals surface area contributed by atoms with Crippen molar-refractivity contribution < 1.29 is 19.0 Å². The molecule has 0 saturated heterocycles. The smallest absolute Gasteiger partial charge is 0.306 e. The molecule has 1 aromatic carbocycles. The lowest BCUT2D eigenvalue weighted by Gasteiger charge is -2.27. The highest BCUT2D eigenvalue weighted by molar-refractivity contribution is 5.70. The van der Waals surface area contributed by atoms with Crippen LogP contribution in [0.1, 0.15) is 25.7 Å². The highest BCUT2D eigenvalue weighted by atomic mass is 19.1. The Morgan fingerprint density at radius 1 is 1.37 bits per heavy atom. The monoisotopic (exact) mass is 267 g/mol. The molecule has 2 rings (SSSR count). The Labute approximate surface area is 111 Å². The maximum Gasteiger partial charge on any atom is 0.306 e. The Balaban J connectivity index is 1.94. The van der Waals surface area contributed by atoms with Crippen LogP contribution in [0, 0.1) is 11.7 Å². The minimum atomic E-state index is -0.707. The number of carboxylic acids is 1. The topological polar surface area (TPSA) is 58.6 Å². The van der Waals surface area contributed by atoms with Crippen LogP contribution in [-0.4, -0.2) is 24.2 Å². The first-order valence-corrected chi connectivity index (χ1v) is 6.43. The van der Waals surface area contributed by atoms with Crippen molar-refractivity contribution >= 4 is 11.7 Å². The zero-order valence-electron chi connectivity index (χ0n) is 10.9. The molecule has 1 fully saturated rings. The molecule has 1 aliphatic rings. The molecular weight excluding hydrogens is 249 g/mol. The predicted octanol–water partition coefficient (Wildman–Crippen LogP) is 2.89. The Hall–Kier alpha value is -1.78. The second-order valence-corrected chi connectivity index (χ2v) is 4.88. The lowest BCUT2D eigenvalue weighted by molar-refractivity contribution is -0.142. The summed E-state index contributed by atoms with van der Waals surface area (Å²) in [4.78, 5) is 10.9. The third-order valence-electron chi connectivity index (χ3n) is 3.60. The molecule has 1 aromatic rings. The van der Waals surface area contributed by atoms with Crippen molar-refractivity contribution in [3.63, 3.8) is 0 Å². The third kappa shape index (κ3) is 3.36. The van der Waals surface area contributed by atoms with Gasteiger partial charge in [0.25, 0.3) is 0 Å². The molecule has 1 aliphatic carbocycles. The summed E-state index contributed by atoms with van der Waals surface area (Å²) in [7, 11) is 1.43. The summed E-state index contributed by atoms with van der Waals surface area (Å²) >= 11 is 0. The molecule has 2 N–H and O–H groups in total. The summed E-state index contributed by atoms with van der Waals surface area (Å²) in [6.45, 7) is 0. The number of aliphatic carboxylic acids is 1. The summed E-state index contributed by atoms with van der Waals surface area (Å²) in [6, 6.07) is 4.90. The highest BCUT2D eigenvalue weighted by Gasteiger charge is 2.25. The van der Waals surface area contributed by atoms with Gasteiger partial charge in [0.15, 0.2) is 11.6 Å². The van der Waals surface area contributed by atoms with Gasteiger partial charge in [0.05, 0.1) is 13.0 Å². The van der Waals surface area contributed by atoms with Gasteiger partial charge < -0.3 is 15.2 Å². The van der Waals surface area contributed by atoms with Gasteiger partial charge in [0.2, 0.25) is 0 Å². The van der Waals surface area contributed by atoms with Crippen molar-refractivity contribution in [2.24, 2.45) is 5.92 Å². The van der Waals surface area contributed by atoms with Gasteiger partial charge in [-0.2, -0.15) is 0 Å². The maximum atomic E-state index is 13.3. The van der Waals surface area contributed by atoms with Crippen LogP contribution in [-0.2, 0) is 4.79 Å². The molecule has 0 amide bonds. The average Bonchev–Trinajstić information content (AvgIpc) is 2.41. The van der Waals surface area contributed by atoms with Gasteiger partial charge in [0.1, 0.15) is 0 Å². The number of ether oxygens (including phenoxy) is 1. The molecular formula is C14H18FNO3. The quantitative estimate of drug-likeness (QED) is 0.880. The molecule has 0 aliphatic heterocycles. The number of benzene rings is 1. The van der Waals surface area contributed by atoms with Crippen LogP contribution in [0.15, 0.2) is 18.2 Å². The lowest BCUT2D eigenvalue weighted by atomic mass is 9.86. The van der Waals surface area contributed by atoms with Crippen LogP contribution < -0.4 is 10.1 Å². The highest BCUT2D eigenvalue weighted by Crippen LogP contribution is 2.28. The molecule has 0 heterocycles. The number of halogens is 1. The zero-order chi connectivity index (χ0) is 13.8. The average molecular weight is 267 g/mol. The van der Waals surface area contributed by atoms with Gasteiger partial charge in [-0.1, -0.05) is 0 Å². The fourth-order valence-electron chi connectivity index (χ4n) is 2.47. The van der Waals surface area contributed by atoms with E-state index in [1.165, 1.54) is 13.2 Å². The van der Waals surface area contributed by atoms with E-state index in [-0.39, 0.29) is 23.5 Å². The zero-order valence-corrected chi connectivity index (χ0v) is 10.9. The number of nitrogens with one attached hydrogen (secondary N) is 1. The largest absolute Gasteiger partial charge is 0.494 e. The second kappa shape index (κ2) is 5.91. The molecule has 19 heavy (non-hydrogen) atoms. The van der Waals surface area contributed by atoms with Crippen molar-refractivity contribution in [2.75, 3.05) is 12.4 Å². The molecule has 104 valence electrons. The molecule has 0 radical (unpaired) electrons. The van der Waals surface area contributed by atoms with Crippen molar-refractivity contribution in [1.82, 2.24) is 0 Å². The molecule has 0 bridgehead atoms. The normalized spacial score (nSPS) is 22.8. The summed E-state index contributed by atoms with van der Waals surface area (Å²) < 4.78 is 18.2. The van der Waals surface area contributed by atoms with Crippen molar-refractivity contribution in [3.8, 4) is 5.75 Å². The van der Waals surface area contributed by atoms with E-state index in [4.69, 9.17) is 9.84 Å². The number of carboxylic acid groups (broad SMARTS) is 1. The van der Waals surface area contributed by atoms with Crippen LogP contribution >= 0.6 is 0 Å². The Morgan fingerprint density at radius 2 is 2.05 bits per heavy atom. The number of carbonyl (C=O) groups is 1. The summed E-state index contributed by atoms with van der Waals surface area (Å²) in [5.74, 6) is -1.10. The van der Waals surface area contributed by atoms with Crippen molar-refractivity contribution in [1.29, 1.82) is 0 Å². The maximum absolute atomic E-state index is 13.3. The van der Waals surface area contributed by atoms with Crippen LogP contribution in [0.2, 0.25) is 0 Å². The van der Waals surface area contributed by atoms with Crippen LogP contribution in [0.5, 0.6) is 5.75 Å². The summed E-state index contributed by atoms with van der Waals surface area (Å²) in [5.41, 5.74) is 0.803. The van der Waals surface area contributed by atoms with Gasteiger partial charge in [-0.15, -0.1) is 0 Å². The van der Waals surface area contributed by atoms with Crippen molar-refractivity contribution in [2.45, 2.75) is 31.7 Å². The summed E-state index contributed by atoms with van der Waals surface area (Å²) in [6.07, 6.45) is 3.00. The van der Waals surface area contributed by atoms with E-state index in [1.54, 1.807) is 12.1 Å². The van der Waals surface area contributed by atoms with E-state index in [2.05, 4.69) is 5.32 Å². The van der Waals surface area contributed by atoms with Gasteiger partial charge in [-0.3, -0.25) is 4.79 Å². The SMILES string of the molecule is COc1cc(NC2CCC(C(=O)O)CC2)ccc1F. The number of hydrogen-bond acceptors (Lipinski definition) is 3. The van der Waals surface area contributed by atoms with E-state index in [9.17, 15) is 9.18 Å². The van der Waals surface area contributed by atoms with Crippen LogP contribution in [0.25, 0.3) is 0 Å². The molecule has 1 saturated carbocycles. The number of rotatable bonds is 4. The van der Waals surface area contributed by atoms with Gasteiger partial charge in [-0.05, 0) is 37.8 Å². The van der Waals surface area contributed by atoms with E-state index in [0.717, 1.165) is 18.5 Å². The number of anilines is 1.